The molecule has 1 aromatic rings. The van der Waals surface area contributed by atoms with Gasteiger partial charge < -0.3 is 0 Å². The lowest BCUT2D eigenvalue weighted by Crippen LogP contribution is -1.93. The molecule has 1 rings (SSSR count). The molecule has 0 atom stereocenters. The number of rotatable bonds is 1. The molecule has 0 aliphatic heterocycles. The molecule has 0 aliphatic rings. The van der Waals surface area contributed by atoms with Crippen molar-refractivity contribution in [3.63, 3.8) is 0 Å². The summed E-state index contributed by atoms with van der Waals surface area (Å²) in [5.74, 6) is 0. The summed E-state index contributed by atoms with van der Waals surface area (Å²) in [6.45, 7) is 6.17. The fourth-order valence-electron chi connectivity index (χ4n) is 1.57. The molecule has 12 heavy (non-hydrogen) atoms. The van der Waals surface area contributed by atoms with Crippen LogP contribution in [0, 0.1) is 25.2 Å². The third-order valence-corrected chi connectivity index (χ3v) is 2.09. The van der Waals surface area contributed by atoms with E-state index in [1.54, 1.807) is 0 Å². The van der Waals surface area contributed by atoms with E-state index in [2.05, 4.69) is 26.0 Å². The third-order valence-electron chi connectivity index (χ3n) is 2.09. The average Bonchev–Trinajstić information content (AvgIpc) is 2.03. The molecule has 0 saturated heterocycles. The van der Waals surface area contributed by atoms with Crippen LogP contribution >= 0.6 is 0 Å². The van der Waals surface area contributed by atoms with Crippen molar-refractivity contribution < 1.29 is 0 Å². The van der Waals surface area contributed by atoms with Crippen molar-refractivity contribution in [2.75, 3.05) is 0 Å². The van der Waals surface area contributed by atoms with E-state index in [1.807, 2.05) is 13.0 Å². The molecule has 0 aromatic heterocycles. The first kappa shape index (κ1) is 8.80. The monoisotopic (exact) mass is 159 g/mol. The lowest BCUT2D eigenvalue weighted by atomic mass is 9.98. The van der Waals surface area contributed by atoms with Crippen molar-refractivity contribution >= 4 is 0 Å². The SMILES string of the molecule is CCc1c(C)cc(C)cc1C#N. The zero-order valence-corrected chi connectivity index (χ0v) is 7.81. The molecule has 1 heteroatoms. The third kappa shape index (κ3) is 1.48. The Kier molecular flexibility index (Phi) is 2.50. The Hall–Kier alpha value is -1.29. The largest absolute Gasteiger partial charge is 0.192 e. The first-order chi connectivity index (χ1) is 5.69. The van der Waals surface area contributed by atoms with Crippen LogP contribution in [-0.4, -0.2) is 0 Å². The van der Waals surface area contributed by atoms with Gasteiger partial charge in [-0.15, -0.1) is 0 Å². The summed E-state index contributed by atoms with van der Waals surface area (Å²) >= 11 is 0. The normalized spacial score (nSPS) is 9.50. The van der Waals surface area contributed by atoms with Crippen molar-refractivity contribution in [2.45, 2.75) is 27.2 Å². The number of benzene rings is 1. The van der Waals surface area contributed by atoms with Crippen LogP contribution in [0.2, 0.25) is 0 Å². The minimum absolute atomic E-state index is 0.829. The molecular weight excluding hydrogens is 146 g/mol. The zero-order valence-electron chi connectivity index (χ0n) is 7.81. The molecule has 1 aromatic carbocycles. The van der Waals surface area contributed by atoms with Crippen LogP contribution in [0.15, 0.2) is 12.1 Å². The summed E-state index contributed by atoms with van der Waals surface area (Å²) in [4.78, 5) is 0. The summed E-state index contributed by atoms with van der Waals surface area (Å²) in [6.07, 6.45) is 0.939. The van der Waals surface area contributed by atoms with Gasteiger partial charge in [-0.1, -0.05) is 13.0 Å². The Morgan fingerprint density at radius 3 is 2.50 bits per heavy atom. The smallest absolute Gasteiger partial charge is 0.0994 e. The molecule has 0 heterocycles. The van der Waals surface area contributed by atoms with Gasteiger partial charge >= 0.3 is 0 Å². The summed E-state index contributed by atoms with van der Waals surface area (Å²) < 4.78 is 0. The van der Waals surface area contributed by atoms with Crippen molar-refractivity contribution in [1.82, 2.24) is 0 Å². The summed E-state index contributed by atoms with van der Waals surface area (Å²) in [7, 11) is 0. The van der Waals surface area contributed by atoms with E-state index in [0.717, 1.165) is 12.0 Å². The quantitative estimate of drug-likeness (QED) is 0.618. The first-order valence-electron chi connectivity index (χ1n) is 4.19. The van der Waals surface area contributed by atoms with Crippen LogP contribution in [0.5, 0.6) is 0 Å². The molecule has 0 N–H and O–H groups in total. The highest BCUT2D eigenvalue weighted by Crippen LogP contribution is 2.16. The standard InChI is InChI=1S/C11H13N/c1-4-11-9(3)5-8(2)6-10(11)7-12/h5-6H,4H2,1-3H3. The van der Waals surface area contributed by atoms with Gasteiger partial charge in [0.15, 0.2) is 0 Å². The predicted molar refractivity (Wildman–Crippen MR) is 50.0 cm³/mol. The highest BCUT2D eigenvalue weighted by atomic mass is 14.2. The molecule has 0 aliphatic carbocycles. The Morgan fingerprint density at radius 2 is 2.00 bits per heavy atom. The summed E-state index contributed by atoms with van der Waals surface area (Å²) in [5, 5.41) is 8.85. The molecule has 0 amide bonds. The molecular formula is C11H13N. The van der Waals surface area contributed by atoms with Crippen molar-refractivity contribution in [3.05, 3.63) is 34.4 Å². The van der Waals surface area contributed by atoms with Crippen LogP contribution < -0.4 is 0 Å². The second-order valence-electron chi connectivity index (χ2n) is 3.07. The van der Waals surface area contributed by atoms with Gasteiger partial charge in [0.2, 0.25) is 0 Å². The van der Waals surface area contributed by atoms with Crippen LogP contribution in [0.4, 0.5) is 0 Å². The number of nitrogens with zero attached hydrogens (tertiary/aromatic N) is 1. The van der Waals surface area contributed by atoms with Crippen molar-refractivity contribution in [1.29, 1.82) is 5.26 Å². The second-order valence-corrected chi connectivity index (χ2v) is 3.07. The van der Waals surface area contributed by atoms with Gasteiger partial charge in [-0.3, -0.25) is 0 Å². The summed E-state index contributed by atoms with van der Waals surface area (Å²) in [5.41, 5.74) is 4.41. The fourth-order valence-corrected chi connectivity index (χ4v) is 1.57. The Bertz CT molecular complexity index is 332. The van der Waals surface area contributed by atoms with E-state index in [4.69, 9.17) is 5.26 Å². The van der Waals surface area contributed by atoms with Crippen molar-refractivity contribution in [3.8, 4) is 6.07 Å². The van der Waals surface area contributed by atoms with Crippen molar-refractivity contribution in [2.24, 2.45) is 0 Å². The Labute approximate surface area is 73.6 Å². The molecule has 62 valence electrons. The highest BCUT2D eigenvalue weighted by molar-refractivity contribution is 5.45. The lowest BCUT2D eigenvalue weighted by molar-refractivity contribution is 1.09. The van der Waals surface area contributed by atoms with E-state index in [-0.39, 0.29) is 0 Å². The van der Waals surface area contributed by atoms with Gasteiger partial charge in [-0.2, -0.15) is 5.26 Å². The molecule has 0 unspecified atom stereocenters. The molecule has 0 radical (unpaired) electrons. The second kappa shape index (κ2) is 3.40. The lowest BCUT2D eigenvalue weighted by Gasteiger charge is -2.06. The minimum atomic E-state index is 0.829. The van der Waals surface area contributed by atoms with E-state index >= 15 is 0 Å². The number of nitriles is 1. The van der Waals surface area contributed by atoms with Crippen LogP contribution in [-0.2, 0) is 6.42 Å². The van der Waals surface area contributed by atoms with Gasteiger partial charge in [-0.05, 0) is 43.0 Å². The fraction of sp³-hybridized carbons (Fsp3) is 0.364. The maximum Gasteiger partial charge on any atom is 0.0994 e. The Morgan fingerprint density at radius 1 is 1.33 bits per heavy atom. The highest BCUT2D eigenvalue weighted by Gasteiger charge is 2.03. The van der Waals surface area contributed by atoms with Gasteiger partial charge in [-0.25, -0.2) is 0 Å². The molecule has 1 nitrogen and oxygen atoms in total. The zero-order chi connectivity index (χ0) is 9.14. The maximum absolute atomic E-state index is 8.85. The minimum Gasteiger partial charge on any atom is -0.192 e. The van der Waals surface area contributed by atoms with Crippen LogP contribution in [0.3, 0.4) is 0 Å². The number of hydrogen-bond donors (Lipinski definition) is 0. The average molecular weight is 159 g/mol. The maximum atomic E-state index is 8.85. The summed E-state index contributed by atoms with van der Waals surface area (Å²) in [6, 6.07) is 6.30. The van der Waals surface area contributed by atoms with E-state index < -0.39 is 0 Å². The number of hydrogen-bond acceptors (Lipinski definition) is 1. The van der Waals surface area contributed by atoms with Crippen LogP contribution in [0.1, 0.15) is 29.2 Å². The predicted octanol–water partition coefficient (Wildman–Crippen LogP) is 2.74. The van der Waals surface area contributed by atoms with E-state index in [1.165, 1.54) is 16.7 Å². The van der Waals surface area contributed by atoms with E-state index in [9.17, 15) is 0 Å². The van der Waals surface area contributed by atoms with Gasteiger partial charge in [0.1, 0.15) is 0 Å². The van der Waals surface area contributed by atoms with Gasteiger partial charge in [0.05, 0.1) is 11.6 Å². The molecule has 0 saturated carbocycles. The van der Waals surface area contributed by atoms with E-state index in [0.29, 0.717) is 0 Å². The topological polar surface area (TPSA) is 23.8 Å². The first-order valence-corrected chi connectivity index (χ1v) is 4.19. The van der Waals surface area contributed by atoms with Crippen LogP contribution in [0.25, 0.3) is 0 Å². The molecule has 0 fully saturated rings. The Balaban J connectivity index is 3.36. The van der Waals surface area contributed by atoms with Gasteiger partial charge in [0.25, 0.3) is 0 Å². The molecule has 0 bridgehead atoms. The van der Waals surface area contributed by atoms with Gasteiger partial charge in [0, 0.05) is 0 Å². The number of aryl methyl sites for hydroxylation is 2. The molecule has 0 spiro atoms.